The number of carbonyl (C=O) groups excluding carboxylic acids is 2. The van der Waals surface area contributed by atoms with Gasteiger partial charge in [0.1, 0.15) is 5.75 Å². The van der Waals surface area contributed by atoms with Crippen molar-refractivity contribution in [3.8, 4) is 5.75 Å². The molecule has 2 aliphatic heterocycles. The second-order valence-electron chi connectivity index (χ2n) is 6.33. The summed E-state index contributed by atoms with van der Waals surface area (Å²) in [6.45, 7) is 1.64. The third kappa shape index (κ3) is 3.37. The van der Waals surface area contributed by atoms with E-state index in [1.54, 1.807) is 11.1 Å². The summed E-state index contributed by atoms with van der Waals surface area (Å²) in [4.78, 5) is 30.3. The number of amides is 2. The zero-order valence-corrected chi connectivity index (χ0v) is 14.6. The molecule has 1 N–H and O–H groups in total. The van der Waals surface area contributed by atoms with Crippen LogP contribution in [0.2, 0.25) is 0 Å². The van der Waals surface area contributed by atoms with Gasteiger partial charge in [-0.3, -0.25) is 14.5 Å². The normalized spacial score (nSPS) is 19.4. The van der Waals surface area contributed by atoms with E-state index in [-0.39, 0.29) is 24.2 Å². The second-order valence-corrected chi connectivity index (χ2v) is 7.20. The fourth-order valence-corrected chi connectivity index (χ4v) is 3.94. The number of hydrogen-bond donors (Lipinski definition) is 1. The molecule has 1 aromatic carbocycles. The van der Waals surface area contributed by atoms with Gasteiger partial charge in [0, 0.05) is 31.1 Å². The summed E-state index contributed by atoms with van der Waals surface area (Å²) in [7, 11) is 0. The maximum absolute atomic E-state index is 12.4. The standard InChI is InChI=1S/C18H19N3O3S/c22-16-9-14(11-21(16)18-19-5-7-25-18)17(23)20-10-12-3-4-15-13(8-12)2-1-6-24-15/h3-5,7-8,14H,1-2,6,9-11H2,(H,20,23). The van der Waals surface area contributed by atoms with E-state index in [1.807, 2.05) is 17.5 Å². The minimum atomic E-state index is -0.322. The third-order valence-electron chi connectivity index (χ3n) is 4.59. The number of ether oxygens (including phenoxy) is 1. The van der Waals surface area contributed by atoms with E-state index in [4.69, 9.17) is 4.74 Å². The third-order valence-corrected chi connectivity index (χ3v) is 5.38. The van der Waals surface area contributed by atoms with Crippen molar-refractivity contribution in [1.82, 2.24) is 10.3 Å². The van der Waals surface area contributed by atoms with E-state index in [1.165, 1.54) is 16.9 Å². The van der Waals surface area contributed by atoms with Gasteiger partial charge in [-0.25, -0.2) is 4.98 Å². The predicted molar refractivity (Wildman–Crippen MR) is 94.7 cm³/mol. The number of nitrogens with zero attached hydrogens (tertiary/aromatic N) is 2. The van der Waals surface area contributed by atoms with Crippen LogP contribution in [-0.4, -0.2) is 29.9 Å². The number of carbonyl (C=O) groups is 2. The van der Waals surface area contributed by atoms with Gasteiger partial charge < -0.3 is 10.1 Å². The summed E-state index contributed by atoms with van der Waals surface area (Å²) in [5.41, 5.74) is 2.25. The van der Waals surface area contributed by atoms with Crippen LogP contribution in [0.15, 0.2) is 29.8 Å². The first-order valence-corrected chi connectivity index (χ1v) is 9.31. The SMILES string of the molecule is O=C(NCc1ccc2c(c1)CCCO2)C1CC(=O)N(c2nccs2)C1. The Labute approximate surface area is 149 Å². The molecule has 0 radical (unpaired) electrons. The molecule has 1 aromatic heterocycles. The van der Waals surface area contributed by atoms with Crippen LogP contribution >= 0.6 is 11.3 Å². The van der Waals surface area contributed by atoms with E-state index < -0.39 is 0 Å². The number of thiazole rings is 1. The van der Waals surface area contributed by atoms with Crippen molar-refractivity contribution in [2.75, 3.05) is 18.1 Å². The first-order valence-electron chi connectivity index (χ1n) is 8.43. The zero-order chi connectivity index (χ0) is 17.2. The number of benzene rings is 1. The lowest BCUT2D eigenvalue weighted by atomic mass is 10.0. The topological polar surface area (TPSA) is 71.5 Å². The number of anilines is 1. The Morgan fingerprint density at radius 1 is 1.44 bits per heavy atom. The molecule has 7 heteroatoms. The lowest BCUT2D eigenvalue weighted by Gasteiger charge is -2.18. The summed E-state index contributed by atoms with van der Waals surface area (Å²) in [6.07, 6.45) is 3.94. The summed E-state index contributed by atoms with van der Waals surface area (Å²) in [6, 6.07) is 6.04. The number of fused-ring (bicyclic) bond motifs is 1. The molecule has 3 heterocycles. The second kappa shape index (κ2) is 6.84. The van der Waals surface area contributed by atoms with Crippen molar-refractivity contribution in [2.24, 2.45) is 5.92 Å². The molecule has 1 unspecified atom stereocenters. The number of hydrogen-bond acceptors (Lipinski definition) is 5. The molecule has 4 rings (SSSR count). The Bertz CT molecular complexity index is 791. The van der Waals surface area contributed by atoms with Gasteiger partial charge in [0.25, 0.3) is 0 Å². The first-order chi connectivity index (χ1) is 12.2. The minimum Gasteiger partial charge on any atom is -0.493 e. The van der Waals surface area contributed by atoms with Gasteiger partial charge in [-0.15, -0.1) is 11.3 Å². The monoisotopic (exact) mass is 357 g/mol. The summed E-state index contributed by atoms with van der Waals surface area (Å²) < 4.78 is 5.61. The van der Waals surface area contributed by atoms with Crippen LogP contribution in [-0.2, 0) is 22.6 Å². The van der Waals surface area contributed by atoms with Crippen LogP contribution < -0.4 is 15.0 Å². The zero-order valence-electron chi connectivity index (χ0n) is 13.7. The largest absolute Gasteiger partial charge is 0.493 e. The predicted octanol–water partition coefficient (Wildman–Crippen LogP) is 2.14. The first kappa shape index (κ1) is 16.1. The van der Waals surface area contributed by atoms with Crippen molar-refractivity contribution in [2.45, 2.75) is 25.8 Å². The Morgan fingerprint density at radius 2 is 2.36 bits per heavy atom. The number of aryl methyl sites for hydroxylation is 1. The fourth-order valence-electron chi connectivity index (χ4n) is 3.27. The molecule has 130 valence electrons. The quantitative estimate of drug-likeness (QED) is 0.910. The van der Waals surface area contributed by atoms with Crippen LogP contribution in [0.5, 0.6) is 5.75 Å². The maximum Gasteiger partial charge on any atom is 0.229 e. The Morgan fingerprint density at radius 3 is 3.20 bits per heavy atom. The number of nitrogens with one attached hydrogen (secondary N) is 1. The average molecular weight is 357 g/mol. The van der Waals surface area contributed by atoms with Gasteiger partial charge >= 0.3 is 0 Å². The highest BCUT2D eigenvalue weighted by Crippen LogP contribution is 2.27. The van der Waals surface area contributed by atoms with Gasteiger partial charge in [0.15, 0.2) is 5.13 Å². The van der Waals surface area contributed by atoms with Crippen LogP contribution in [0.1, 0.15) is 24.0 Å². The maximum atomic E-state index is 12.4. The van der Waals surface area contributed by atoms with Crippen LogP contribution in [0.4, 0.5) is 5.13 Å². The van der Waals surface area contributed by atoms with E-state index in [9.17, 15) is 9.59 Å². The van der Waals surface area contributed by atoms with Gasteiger partial charge in [-0.1, -0.05) is 12.1 Å². The molecule has 6 nitrogen and oxygen atoms in total. The van der Waals surface area contributed by atoms with Crippen LogP contribution in [0.3, 0.4) is 0 Å². The summed E-state index contributed by atoms with van der Waals surface area (Å²) in [5, 5.41) is 5.45. The van der Waals surface area contributed by atoms with Crippen LogP contribution in [0.25, 0.3) is 0 Å². The van der Waals surface area contributed by atoms with Gasteiger partial charge in [-0.05, 0) is 30.0 Å². The van der Waals surface area contributed by atoms with E-state index >= 15 is 0 Å². The van der Waals surface area contributed by atoms with Gasteiger partial charge in [-0.2, -0.15) is 0 Å². The molecule has 0 bridgehead atoms. The number of aromatic nitrogens is 1. The molecule has 0 saturated carbocycles. The lowest BCUT2D eigenvalue weighted by Crippen LogP contribution is -2.32. The highest BCUT2D eigenvalue weighted by Gasteiger charge is 2.36. The number of rotatable bonds is 4. The summed E-state index contributed by atoms with van der Waals surface area (Å²) in [5.74, 6) is 0.501. The molecule has 25 heavy (non-hydrogen) atoms. The molecule has 2 amide bonds. The van der Waals surface area contributed by atoms with Crippen molar-refractivity contribution in [3.05, 3.63) is 40.9 Å². The molecule has 2 aliphatic rings. The van der Waals surface area contributed by atoms with Crippen molar-refractivity contribution in [3.63, 3.8) is 0 Å². The molecule has 2 aromatic rings. The van der Waals surface area contributed by atoms with Gasteiger partial charge in [0.05, 0.1) is 12.5 Å². The highest BCUT2D eigenvalue weighted by atomic mass is 32.1. The molecule has 0 aliphatic carbocycles. The van der Waals surface area contributed by atoms with Crippen molar-refractivity contribution in [1.29, 1.82) is 0 Å². The van der Waals surface area contributed by atoms with E-state index in [2.05, 4.69) is 16.4 Å². The Balaban J connectivity index is 1.36. The molecule has 1 fully saturated rings. The summed E-state index contributed by atoms with van der Waals surface area (Å²) >= 11 is 1.41. The molecule has 1 saturated heterocycles. The average Bonchev–Trinajstić information content (AvgIpc) is 3.29. The molecule has 0 spiro atoms. The van der Waals surface area contributed by atoms with E-state index in [0.717, 1.165) is 30.8 Å². The minimum absolute atomic E-state index is 0.0407. The van der Waals surface area contributed by atoms with Crippen LogP contribution in [0, 0.1) is 5.92 Å². The molecular weight excluding hydrogens is 338 g/mol. The molecule has 1 atom stereocenters. The Kier molecular flexibility index (Phi) is 4.40. The fraction of sp³-hybridized carbons (Fsp3) is 0.389. The Hall–Kier alpha value is -2.41. The molecular formula is C18H19N3O3S. The van der Waals surface area contributed by atoms with Gasteiger partial charge in [0.2, 0.25) is 11.8 Å². The smallest absolute Gasteiger partial charge is 0.229 e. The van der Waals surface area contributed by atoms with Crippen molar-refractivity contribution >= 4 is 28.3 Å². The lowest BCUT2D eigenvalue weighted by molar-refractivity contribution is -0.126. The van der Waals surface area contributed by atoms with Crippen molar-refractivity contribution < 1.29 is 14.3 Å². The highest BCUT2D eigenvalue weighted by molar-refractivity contribution is 7.13. The van der Waals surface area contributed by atoms with E-state index in [0.29, 0.717) is 18.2 Å².